The minimum Gasteiger partial charge on any atom is -0.378 e. The Kier molecular flexibility index (Phi) is 4.86. The third-order valence-electron chi connectivity index (χ3n) is 3.74. The van der Waals surface area contributed by atoms with Crippen LogP contribution in [0.25, 0.3) is 0 Å². The van der Waals surface area contributed by atoms with E-state index in [9.17, 15) is 0 Å². The summed E-state index contributed by atoms with van der Waals surface area (Å²) in [6.07, 6.45) is 4.58. The molecule has 0 bridgehead atoms. The van der Waals surface area contributed by atoms with Crippen molar-refractivity contribution in [3.8, 4) is 0 Å². The van der Waals surface area contributed by atoms with Gasteiger partial charge in [0.15, 0.2) is 0 Å². The molecule has 0 aliphatic carbocycles. The van der Waals surface area contributed by atoms with Gasteiger partial charge in [0, 0.05) is 50.7 Å². The van der Waals surface area contributed by atoms with E-state index in [-0.39, 0.29) is 0 Å². The second-order valence-electron chi connectivity index (χ2n) is 5.23. The topological polar surface area (TPSA) is 53.2 Å². The van der Waals surface area contributed by atoms with Gasteiger partial charge < -0.3 is 19.9 Å². The summed E-state index contributed by atoms with van der Waals surface area (Å²) in [7, 11) is 0. The summed E-state index contributed by atoms with van der Waals surface area (Å²) in [6, 6.07) is 8.80. The van der Waals surface area contributed by atoms with Gasteiger partial charge in [0.2, 0.25) is 0 Å². The van der Waals surface area contributed by atoms with Crippen LogP contribution in [0.2, 0.25) is 0 Å². The lowest BCUT2D eigenvalue weighted by Gasteiger charge is -2.28. The number of imidazole rings is 1. The van der Waals surface area contributed by atoms with Crippen LogP contribution in [0, 0.1) is 0 Å². The molecule has 2 aromatic rings. The fourth-order valence-electron chi connectivity index (χ4n) is 2.52. The molecule has 0 amide bonds. The fourth-order valence-corrected chi connectivity index (χ4v) is 2.52. The SMILES string of the molecule is c1c[nH]c(CCNCc2ccc(N3CCOCC3)cc2)n1. The number of hydrogen-bond acceptors (Lipinski definition) is 4. The van der Waals surface area contributed by atoms with Crippen molar-refractivity contribution in [2.45, 2.75) is 13.0 Å². The molecule has 1 saturated heterocycles. The lowest BCUT2D eigenvalue weighted by atomic mass is 10.2. The van der Waals surface area contributed by atoms with Crippen molar-refractivity contribution in [3.05, 3.63) is 48.0 Å². The smallest absolute Gasteiger partial charge is 0.107 e. The van der Waals surface area contributed by atoms with Crippen LogP contribution >= 0.6 is 0 Å². The number of aromatic amines is 1. The van der Waals surface area contributed by atoms with Gasteiger partial charge in [0.25, 0.3) is 0 Å². The number of anilines is 1. The van der Waals surface area contributed by atoms with Crippen molar-refractivity contribution in [1.82, 2.24) is 15.3 Å². The number of morpholine rings is 1. The Morgan fingerprint density at radius 1 is 1.19 bits per heavy atom. The summed E-state index contributed by atoms with van der Waals surface area (Å²) in [5.41, 5.74) is 2.60. The first kappa shape index (κ1) is 14.1. The molecule has 2 N–H and O–H groups in total. The maximum Gasteiger partial charge on any atom is 0.107 e. The number of nitrogens with zero attached hydrogens (tertiary/aromatic N) is 2. The van der Waals surface area contributed by atoms with E-state index >= 15 is 0 Å². The van der Waals surface area contributed by atoms with Gasteiger partial charge >= 0.3 is 0 Å². The standard InChI is InChI=1S/C16H22N4O/c1-3-15(20-9-11-21-12-10-20)4-2-14(1)13-17-6-5-16-18-7-8-19-16/h1-4,7-8,17H,5-6,9-13H2,(H,18,19). The van der Waals surface area contributed by atoms with Crippen molar-refractivity contribution < 1.29 is 4.74 Å². The molecular formula is C16H22N4O. The zero-order valence-corrected chi connectivity index (χ0v) is 12.2. The normalized spacial score (nSPS) is 15.3. The molecule has 0 spiro atoms. The van der Waals surface area contributed by atoms with Crippen molar-refractivity contribution in [1.29, 1.82) is 0 Å². The van der Waals surface area contributed by atoms with Crippen LogP contribution < -0.4 is 10.2 Å². The van der Waals surface area contributed by atoms with E-state index in [1.807, 2.05) is 6.20 Å². The third kappa shape index (κ3) is 4.06. The molecule has 2 heterocycles. The van der Waals surface area contributed by atoms with Crippen LogP contribution in [0.5, 0.6) is 0 Å². The van der Waals surface area contributed by atoms with Crippen LogP contribution in [0.15, 0.2) is 36.7 Å². The molecular weight excluding hydrogens is 264 g/mol. The van der Waals surface area contributed by atoms with E-state index in [4.69, 9.17) is 4.74 Å². The number of benzene rings is 1. The van der Waals surface area contributed by atoms with Crippen molar-refractivity contribution >= 4 is 5.69 Å². The molecule has 0 atom stereocenters. The van der Waals surface area contributed by atoms with Gasteiger partial charge in [0.05, 0.1) is 13.2 Å². The molecule has 0 radical (unpaired) electrons. The molecule has 5 heteroatoms. The van der Waals surface area contributed by atoms with E-state index in [1.165, 1.54) is 11.3 Å². The lowest BCUT2D eigenvalue weighted by Crippen LogP contribution is -2.36. The van der Waals surface area contributed by atoms with Gasteiger partial charge in [-0.05, 0) is 17.7 Å². The minimum atomic E-state index is 0.829. The van der Waals surface area contributed by atoms with Gasteiger partial charge in [-0.25, -0.2) is 4.98 Å². The molecule has 1 aromatic carbocycles. The Hall–Kier alpha value is -1.85. The summed E-state index contributed by atoms with van der Waals surface area (Å²) >= 11 is 0. The van der Waals surface area contributed by atoms with E-state index in [0.29, 0.717) is 0 Å². The Bertz CT molecular complexity index is 518. The average Bonchev–Trinajstić information content (AvgIpc) is 3.06. The Morgan fingerprint density at radius 3 is 2.71 bits per heavy atom. The predicted molar refractivity (Wildman–Crippen MR) is 83.5 cm³/mol. The van der Waals surface area contributed by atoms with Crippen molar-refractivity contribution in [3.63, 3.8) is 0 Å². The van der Waals surface area contributed by atoms with Crippen molar-refractivity contribution in [2.24, 2.45) is 0 Å². The average molecular weight is 286 g/mol. The summed E-state index contributed by atoms with van der Waals surface area (Å²) in [5.74, 6) is 1.03. The Labute approximate surface area is 125 Å². The van der Waals surface area contributed by atoms with Gasteiger partial charge in [-0.2, -0.15) is 0 Å². The van der Waals surface area contributed by atoms with Crippen molar-refractivity contribution in [2.75, 3.05) is 37.7 Å². The third-order valence-corrected chi connectivity index (χ3v) is 3.74. The molecule has 21 heavy (non-hydrogen) atoms. The number of ether oxygens (including phenoxy) is 1. The largest absolute Gasteiger partial charge is 0.378 e. The first-order valence-corrected chi connectivity index (χ1v) is 7.52. The van der Waals surface area contributed by atoms with Gasteiger partial charge in [-0.15, -0.1) is 0 Å². The molecule has 5 nitrogen and oxygen atoms in total. The fraction of sp³-hybridized carbons (Fsp3) is 0.438. The Morgan fingerprint density at radius 2 is 2.00 bits per heavy atom. The number of nitrogens with one attached hydrogen (secondary N) is 2. The molecule has 3 rings (SSSR count). The predicted octanol–water partition coefficient (Wildman–Crippen LogP) is 1.58. The van der Waals surface area contributed by atoms with E-state index < -0.39 is 0 Å². The van der Waals surface area contributed by atoms with E-state index in [0.717, 1.165) is 51.6 Å². The summed E-state index contributed by atoms with van der Waals surface area (Å²) in [4.78, 5) is 9.70. The highest BCUT2D eigenvalue weighted by molar-refractivity contribution is 5.47. The van der Waals surface area contributed by atoms with Crippen LogP contribution in [0.3, 0.4) is 0 Å². The monoisotopic (exact) mass is 286 g/mol. The van der Waals surface area contributed by atoms with Crippen LogP contribution in [0.4, 0.5) is 5.69 Å². The van der Waals surface area contributed by atoms with Gasteiger partial charge in [0.1, 0.15) is 5.82 Å². The molecule has 1 fully saturated rings. The number of rotatable bonds is 6. The molecule has 0 unspecified atom stereocenters. The Balaban J connectivity index is 1.43. The van der Waals surface area contributed by atoms with Gasteiger partial charge in [-0.3, -0.25) is 0 Å². The number of aromatic nitrogens is 2. The lowest BCUT2D eigenvalue weighted by molar-refractivity contribution is 0.122. The summed E-state index contributed by atoms with van der Waals surface area (Å²) in [6.45, 7) is 5.45. The maximum absolute atomic E-state index is 5.38. The molecule has 1 aliphatic heterocycles. The highest BCUT2D eigenvalue weighted by atomic mass is 16.5. The summed E-state index contributed by atoms with van der Waals surface area (Å²) < 4.78 is 5.38. The molecule has 112 valence electrons. The van der Waals surface area contributed by atoms with Crippen LogP contribution in [-0.2, 0) is 17.7 Å². The number of H-pyrrole nitrogens is 1. The first-order chi connectivity index (χ1) is 10.4. The molecule has 0 saturated carbocycles. The van der Waals surface area contributed by atoms with Crippen LogP contribution in [0.1, 0.15) is 11.4 Å². The van der Waals surface area contributed by atoms with Gasteiger partial charge in [-0.1, -0.05) is 12.1 Å². The minimum absolute atomic E-state index is 0.829. The summed E-state index contributed by atoms with van der Waals surface area (Å²) in [5, 5.41) is 3.45. The second kappa shape index (κ2) is 7.24. The maximum atomic E-state index is 5.38. The molecule has 1 aromatic heterocycles. The highest BCUT2D eigenvalue weighted by Gasteiger charge is 2.10. The van der Waals surface area contributed by atoms with E-state index in [1.54, 1.807) is 6.20 Å². The number of hydrogen-bond donors (Lipinski definition) is 2. The van der Waals surface area contributed by atoms with Crippen LogP contribution in [-0.4, -0.2) is 42.8 Å². The zero-order chi connectivity index (χ0) is 14.3. The second-order valence-corrected chi connectivity index (χ2v) is 5.23. The highest BCUT2D eigenvalue weighted by Crippen LogP contribution is 2.16. The first-order valence-electron chi connectivity index (χ1n) is 7.52. The van der Waals surface area contributed by atoms with E-state index in [2.05, 4.69) is 44.5 Å². The quantitative estimate of drug-likeness (QED) is 0.792. The zero-order valence-electron chi connectivity index (χ0n) is 12.2. The molecule has 1 aliphatic rings.